The highest BCUT2D eigenvalue weighted by molar-refractivity contribution is 6.32. The molecule has 2 aromatic rings. The van der Waals surface area contributed by atoms with Crippen LogP contribution in [0.25, 0.3) is 0 Å². The summed E-state index contributed by atoms with van der Waals surface area (Å²) >= 11 is 6.07. The summed E-state index contributed by atoms with van der Waals surface area (Å²) in [4.78, 5) is 18.3. The molecule has 3 heterocycles. The van der Waals surface area contributed by atoms with Gasteiger partial charge in [0.2, 0.25) is 0 Å². The molecule has 1 saturated heterocycles. The van der Waals surface area contributed by atoms with E-state index in [0.29, 0.717) is 17.5 Å². The van der Waals surface area contributed by atoms with E-state index in [9.17, 15) is 4.79 Å². The van der Waals surface area contributed by atoms with Crippen molar-refractivity contribution in [2.24, 2.45) is 0 Å². The van der Waals surface area contributed by atoms with Gasteiger partial charge >= 0.3 is 0 Å². The van der Waals surface area contributed by atoms with Crippen LogP contribution in [0.5, 0.6) is 0 Å². The van der Waals surface area contributed by atoms with E-state index >= 15 is 0 Å². The molecular formula is C14H17ClN6O. The lowest BCUT2D eigenvalue weighted by Gasteiger charge is -2.32. The Balaban J connectivity index is 1.45. The number of aromatic amines is 2. The van der Waals surface area contributed by atoms with Crippen molar-refractivity contribution in [1.29, 1.82) is 0 Å². The fraction of sp³-hybridized carbons (Fsp3) is 0.571. The Labute approximate surface area is 132 Å². The van der Waals surface area contributed by atoms with E-state index in [4.69, 9.17) is 11.6 Å². The van der Waals surface area contributed by atoms with Crippen LogP contribution in [0.1, 0.15) is 49.2 Å². The summed E-state index contributed by atoms with van der Waals surface area (Å²) in [7, 11) is 0. The van der Waals surface area contributed by atoms with Crippen molar-refractivity contribution in [1.82, 2.24) is 25.4 Å². The third-order valence-electron chi connectivity index (χ3n) is 4.46. The van der Waals surface area contributed by atoms with E-state index in [1.807, 2.05) is 0 Å². The van der Waals surface area contributed by atoms with Gasteiger partial charge in [-0.05, 0) is 25.7 Å². The van der Waals surface area contributed by atoms with Gasteiger partial charge in [0.05, 0.1) is 11.9 Å². The van der Waals surface area contributed by atoms with Gasteiger partial charge in [0.15, 0.2) is 5.82 Å². The van der Waals surface area contributed by atoms with E-state index in [-0.39, 0.29) is 10.6 Å². The summed E-state index contributed by atoms with van der Waals surface area (Å²) in [5, 5.41) is 13.8. The number of nitrogens with zero attached hydrogens (tertiary/aromatic N) is 4. The first-order valence-electron chi connectivity index (χ1n) is 7.62. The fourth-order valence-electron chi connectivity index (χ4n) is 2.98. The molecule has 1 saturated carbocycles. The van der Waals surface area contributed by atoms with Crippen LogP contribution in [0.2, 0.25) is 5.02 Å². The van der Waals surface area contributed by atoms with Gasteiger partial charge in [-0.3, -0.25) is 9.89 Å². The molecule has 8 heteroatoms. The van der Waals surface area contributed by atoms with Crippen molar-refractivity contribution < 1.29 is 0 Å². The smallest absolute Gasteiger partial charge is 0.285 e. The lowest BCUT2D eigenvalue weighted by atomic mass is 9.96. The number of halogens is 1. The van der Waals surface area contributed by atoms with Crippen molar-refractivity contribution in [2.75, 3.05) is 18.0 Å². The zero-order chi connectivity index (χ0) is 15.1. The maximum atomic E-state index is 11.5. The second-order valence-electron chi connectivity index (χ2n) is 6.01. The highest BCUT2D eigenvalue weighted by Gasteiger charge is 2.30. The van der Waals surface area contributed by atoms with Crippen LogP contribution in [0, 0.1) is 0 Å². The quantitative estimate of drug-likeness (QED) is 0.900. The van der Waals surface area contributed by atoms with Gasteiger partial charge in [0.25, 0.3) is 5.56 Å². The normalized spacial score (nSPS) is 19.6. The predicted octanol–water partition coefficient (Wildman–Crippen LogP) is 1.80. The minimum absolute atomic E-state index is 0.212. The number of rotatable bonds is 3. The molecule has 2 aromatic heterocycles. The first-order valence-corrected chi connectivity index (χ1v) is 8.00. The molecule has 2 aliphatic rings. The standard InChI is InChI=1S/C14H17ClN6O/c15-11-10(7-16-20-14(11)22)21-5-3-9(4-6-21)13-17-12(18-19-13)8-1-2-8/h7-9H,1-6H2,(H,20,22)(H,17,18,19). The molecule has 0 atom stereocenters. The molecule has 22 heavy (non-hydrogen) atoms. The molecule has 0 unspecified atom stereocenters. The Bertz CT molecular complexity index is 729. The zero-order valence-electron chi connectivity index (χ0n) is 12.0. The SMILES string of the molecule is O=c1[nH]ncc(N2CCC(c3nc(C4CC4)n[nH]3)CC2)c1Cl. The molecule has 116 valence electrons. The van der Waals surface area contributed by atoms with Crippen molar-refractivity contribution in [3.8, 4) is 0 Å². The highest BCUT2D eigenvalue weighted by atomic mass is 35.5. The molecule has 1 aliphatic carbocycles. The van der Waals surface area contributed by atoms with Crippen molar-refractivity contribution in [2.45, 2.75) is 37.5 Å². The first kappa shape index (κ1) is 13.8. The average molecular weight is 321 g/mol. The van der Waals surface area contributed by atoms with Gasteiger partial charge < -0.3 is 4.90 Å². The van der Waals surface area contributed by atoms with Crippen LogP contribution in [0.4, 0.5) is 5.69 Å². The summed E-state index contributed by atoms with van der Waals surface area (Å²) in [5.41, 5.74) is 0.366. The van der Waals surface area contributed by atoms with E-state index in [1.54, 1.807) is 6.20 Å². The highest BCUT2D eigenvalue weighted by Crippen LogP contribution is 2.39. The minimum Gasteiger partial charge on any atom is -0.369 e. The summed E-state index contributed by atoms with van der Waals surface area (Å²) < 4.78 is 0. The minimum atomic E-state index is -0.342. The zero-order valence-corrected chi connectivity index (χ0v) is 12.8. The summed E-state index contributed by atoms with van der Waals surface area (Å²) in [6, 6.07) is 0. The molecule has 0 bridgehead atoms. The van der Waals surface area contributed by atoms with Crippen molar-refractivity contribution >= 4 is 17.3 Å². The number of hydrogen-bond donors (Lipinski definition) is 2. The molecule has 0 aromatic carbocycles. The molecule has 1 aliphatic heterocycles. The van der Waals surface area contributed by atoms with Gasteiger partial charge in [0, 0.05) is 24.9 Å². The fourth-order valence-corrected chi connectivity index (χ4v) is 3.19. The monoisotopic (exact) mass is 320 g/mol. The third-order valence-corrected chi connectivity index (χ3v) is 4.83. The number of anilines is 1. The predicted molar refractivity (Wildman–Crippen MR) is 82.4 cm³/mol. The van der Waals surface area contributed by atoms with E-state index in [0.717, 1.165) is 37.6 Å². The second-order valence-corrected chi connectivity index (χ2v) is 6.39. The van der Waals surface area contributed by atoms with Crippen molar-refractivity contribution in [3.05, 3.63) is 33.2 Å². The van der Waals surface area contributed by atoms with Crippen LogP contribution >= 0.6 is 11.6 Å². The molecular weight excluding hydrogens is 304 g/mol. The van der Waals surface area contributed by atoms with Crippen molar-refractivity contribution in [3.63, 3.8) is 0 Å². The summed E-state index contributed by atoms with van der Waals surface area (Å²) in [5.74, 6) is 2.94. The van der Waals surface area contributed by atoms with Gasteiger partial charge in [-0.15, -0.1) is 0 Å². The molecule has 7 nitrogen and oxygen atoms in total. The Morgan fingerprint density at radius 3 is 2.64 bits per heavy atom. The first-order chi connectivity index (χ1) is 10.7. The molecule has 0 amide bonds. The number of H-pyrrole nitrogens is 2. The molecule has 2 fully saturated rings. The van der Waals surface area contributed by atoms with Crippen LogP contribution < -0.4 is 10.5 Å². The van der Waals surface area contributed by atoms with E-state index < -0.39 is 0 Å². The lowest BCUT2D eigenvalue weighted by molar-refractivity contribution is 0.486. The largest absolute Gasteiger partial charge is 0.369 e. The van der Waals surface area contributed by atoms with Gasteiger partial charge in [-0.25, -0.2) is 10.1 Å². The maximum absolute atomic E-state index is 11.5. The van der Waals surface area contributed by atoms with Crippen LogP contribution in [0.3, 0.4) is 0 Å². The van der Waals surface area contributed by atoms with E-state index in [1.165, 1.54) is 12.8 Å². The number of hydrogen-bond acceptors (Lipinski definition) is 5. The van der Waals surface area contributed by atoms with E-state index in [2.05, 4.69) is 30.3 Å². The van der Waals surface area contributed by atoms with Gasteiger partial charge in [0.1, 0.15) is 10.8 Å². The molecule has 0 spiro atoms. The number of aromatic nitrogens is 5. The molecule has 0 radical (unpaired) electrons. The van der Waals surface area contributed by atoms with Crippen LogP contribution in [0.15, 0.2) is 11.0 Å². The Kier molecular flexibility index (Phi) is 3.37. The Morgan fingerprint density at radius 2 is 1.91 bits per heavy atom. The Hall–Kier alpha value is -1.89. The van der Waals surface area contributed by atoms with Gasteiger partial charge in [-0.2, -0.15) is 10.2 Å². The maximum Gasteiger partial charge on any atom is 0.285 e. The topological polar surface area (TPSA) is 90.6 Å². The lowest BCUT2D eigenvalue weighted by Crippen LogP contribution is -2.34. The van der Waals surface area contributed by atoms with Crippen LogP contribution in [-0.2, 0) is 0 Å². The second kappa shape index (κ2) is 5.39. The number of nitrogens with one attached hydrogen (secondary N) is 2. The summed E-state index contributed by atoms with van der Waals surface area (Å²) in [6.07, 6.45) is 5.96. The van der Waals surface area contributed by atoms with Crippen LogP contribution in [-0.4, -0.2) is 38.5 Å². The van der Waals surface area contributed by atoms with Gasteiger partial charge in [-0.1, -0.05) is 11.6 Å². The third kappa shape index (κ3) is 2.49. The number of piperidine rings is 1. The molecule has 4 rings (SSSR count). The molecule has 2 N–H and O–H groups in total. The average Bonchev–Trinajstić information content (AvgIpc) is 3.28. The Morgan fingerprint density at radius 1 is 1.14 bits per heavy atom. The summed E-state index contributed by atoms with van der Waals surface area (Å²) in [6.45, 7) is 1.66.